The molecule has 2 heterocycles. The largest absolute Gasteiger partial charge is 0.497 e. The Labute approximate surface area is 240 Å². The minimum absolute atomic E-state index is 0.150. The summed E-state index contributed by atoms with van der Waals surface area (Å²) in [6.45, 7) is 7.25. The normalized spacial score (nSPS) is 21.2. The van der Waals surface area contributed by atoms with Crippen molar-refractivity contribution in [3.8, 4) is 11.5 Å². The zero-order valence-electron chi connectivity index (χ0n) is 24.0. The lowest BCUT2D eigenvalue weighted by Crippen LogP contribution is -2.46. The molecule has 0 radical (unpaired) electrons. The van der Waals surface area contributed by atoms with E-state index in [-0.39, 0.29) is 11.5 Å². The van der Waals surface area contributed by atoms with E-state index in [0.717, 1.165) is 57.2 Å². The molecule has 41 heavy (non-hydrogen) atoms. The molecule has 1 fully saturated rings. The van der Waals surface area contributed by atoms with E-state index in [4.69, 9.17) is 19.4 Å². The van der Waals surface area contributed by atoms with Gasteiger partial charge in [0.2, 0.25) is 0 Å². The highest BCUT2D eigenvalue weighted by Crippen LogP contribution is 2.56. The second kappa shape index (κ2) is 9.72. The molecule has 0 bridgehead atoms. The predicted octanol–water partition coefficient (Wildman–Crippen LogP) is 7.57. The highest BCUT2D eigenvalue weighted by Gasteiger charge is 2.47. The van der Waals surface area contributed by atoms with Crippen LogP contribution in [0.1, 0.15) is 67.4 Å². The third kappa shape index (κ3) is 4.37. The molecule has 0 saturated heterocycles. The number of carbonyl (C=O) groups is 1. The molecule has 5 aromatic rings. The van der Waals surface area contributed by atoms with Crippen molar-refractivity contribution >= 4 is 38.7 Å². The number of nitrogens with one attached hydrogen (secondary N) is 1. The molecule has 6 nitrogen and oxygen atoms in total. The maximum absolute atomic E-state index is 13.2. The van der Waals surface area contributed by atoms with Crippen molar-refractivity contribution in [3.63, 3.8) is 0 Å². The first kappa shape index (κ1) is 25.8. The summed E-state index contributed by atoms with van der Waals surface area (Å²) in [5.74, 6) is 2.99. The topological polar surface area (TPSA) is 73.3 Å². The van der Waals surface area contributed by atoms with Gasteiger partial charge >= 0.3 is 0 Å². The molecule has 2 aliphatic rings. The average Bonchev–Trinajstić information content (AvgIpc) is 2.98. The van der Waals surface area contributed by atoms with E-state index in [0.29, 0.717) is 35.4 Å². The molecule has 208 valence electrons. The van der Waals surface area contributed by atoms with E-state index in [9.17, 15) is 4.79 Å². The Morgan fingerprint density at radius 1 is 0.976 bits per heavy atom. The van der Waals surface area contributed by atoms with Crippen LogP contribution in [0.25, 0.3) is 32.8 Å². The highest BCUT2D eigenvalue weighted by atomic mass is 16.5. The molecular weight excluding hydrogens is 510 g/mol. The first-order chi connectivity index (χ1) is 19.8. The summed E-state index contributed by atoms with van der Waals surface area (Å²) >= 11 is 0. The molecule has 1 saturated carbocycles. The Hall–Kier alpha value is -4.19. The number of carbonyl (C=O) groups excluding carboxylic acids is 1. The Morgan fingerprint density at radius 3 is 2.61 bits per heavy atom. The molecule has 1 aliphatic heterocycles. The standard InChI is InChI=1S/C35H35N3O3/c1-20-12-14-27-26(16-20)30-32-31(24-10-5-6-11-25(24)33(30)41-35(27,2)3)37-28-15-13-22(18-29(28)38-32)34(39)36-19-21-8-7-9-23(17-21)40-4/h5-11,13,15,17-18,20,26-27H,12,14,16,19H2,1-4H3,(H,36,39)/t20-,26-,27-/m0/s1. The van der Waals surface area contributed by atoms with Gasteiger partial charge < -0.3 is 14.8 Å². The molecule has 0 unspecified atom stereocenters. The van der Waals surface area contributed by atoms with Gasteiger partial charge in [0.25, 0.3) is 5.91 Å². The van der Waals surface area contributed by atoms with E-state index in [1.54, 1.807) is 7.11 Å². The van der Waals surface area contributed by atoms with Crippen molar-refractivity contribution < 1.29 is 14.3 Å². The van der Waals surface area contributed by atoms with Crippen LogP contribution in [0.3, 0.4) is 0 Å². The fourth-order valence-electron chi connectivity index (χ4n) is 7.10. The molecule has 7 rings (SSSR count). The fourth-order valence-corrected chi connectivity index (χ4v) is 7.10. The Bertz CT molecular complexity index is 1830. The zero-order chi connectivity index (χ0) is 28.3. The first-order valence-electron chi connectivity index (χ1n) is 14.6. The summed E-state index contributed by atoms with van der Waals surface area (Å²) in [5.41, 5.74) is 5.77. The maximum Gasteiger partial charge on any atom is 0.251 e. The van der Waals surface area contributed by atoms with Crippen molar-refractivity contribution in [2.24, 2.45) is 11.8 Å². The van der Waals surface area contributed by atoms with E-state index in [1.807, 2.05) is 42.5 Å². The van der Waals surface area contributed by atoms with Crippen LogP contribution in [0.2, 0.25) is 0 Å². The molecule has 4 aromatic carbocycles. The van der Waals surface area contributed by atoms with Crippen molar-refractivity contribution in [2.75, 3.05) is 7.11 Å². The smallest absolute Gasteiger partial charge is 0.251 e. The summed E-state index contributed by atoms with van der Waals surface area (Å²) in [6.07, 6.45) is 3.48. The van der Waals surface area contributed by atoms with Gasteiger partial charge in [0.1, 0.15) is 17.1 Å². The molecule has 1 aliphatic carbocycles. The third-order valence-corrected chi connectivity index (χ3v) is 9.18. The van der Waals surface area contributed by atoms with Crippen molar-refractivity contribution in [2.45, 2.75) is 58.1 Å². The summed E-state index contributed by atoms with van der Waals surface area (Å²) in [5, 5.41) is 5.18. The number of ether oxygens (including phenoxy) is 2. The number of fused-ring (bicyclic) bond motifs is 9. The van der Waals surface area contributed by atoms with Gasteiger partial charge in [-0.3, -0.25) is 4.79 Å². The van der Waals surface area contributed by atoms with E-state index < -0.39 is 0 Å². The summed E-state index contributed by atoms with van der Waals surface area (Å²) < 4.78 is 12.2. The molecule has 3 atom stereocenters. The highest BCUT2D eigenvalue weighted by molar-refractivity contribution is 6.11. The lowest BCUT2D eigenvalue weighted by atomic mass is 9.64. The molecule has 1 aromatic heterocycles. The number of methoxy groups -OCH3 is 1. The van der Waals surface area contributed by atoms with Crippen molar-refractivity contribution in [3.05, 3.63) is 83.4 Å². The van der Waals surface area contributed by atoms with Gasteiger partial charge in [-0.1, -0.05) is 49.7 Å². The summed E-state index contributed by atoms with van der Waals surface area (Å²) in [7, 11) is 1.64. The number of hydrogen-bond acceptors (Lipinski definition) is 5. The molecule has 1 amide bonds. The van der Waals surface area contributed by atoms with Crippen molar-refractivity contribution in [1.29, 1.82) is 0 Å². The van der Waals surface area contributed by atoms with Crippen LogP contribution in [0, 0.1) is 11.8 Å². The fraction of sp³-hybridized carbons (Fsp3) is 0.343. The van der Waals surface area contributed by atoms with E-state index in [1.165, 1.54) is 12.0 Å². The van der Waals surface area contributed by atoms with Gasteiger partial charge in [-0.05, 0) is 74.4 Å². The van der Waals surface area contributed by atoms with Crippen LogP contribution in [0.15, 0.2) is 66.7 Å². The quantitative estimate of drug-likeness (QED) is 0.186. The summed E-state index contributed by atoms with van der Waals surface area (Å²) in [6, 6.07) is 21.7. The average molecular weight is 546 g/mol. The second-order valence-corrected chi connectivity index (χ2v) is 12.3. The van der Waals surface area contributed by atoms with Gasteiger partial charge in [-0.25, -0.2) is 9.97 Å². The lowest BCUT2D eigenvalue weighted by molar-refractivity contribution is -0.0115. The number of hydrogen-bond donors (Lipinski definition) is 1. The Morgan fingerprint density at radius 2 is 1.78 bits per heavy atom. The van der Waals surface area contributed by atoms with E-state index in [2.05, 4.69) is 50.4 Å². The Balaban J connectivity index is 1.35. The second-order valence-electron chi connectivity index (χ2n) is 12.3. The minimum atomic E-state index is -0.257. The predicted molar refractivity (Wildman–Crippen MR) is 163 cm³/mol. The maximum atomic E-state index is 13.2. The van der Waals surface area contributed by atoms with Crippen LogP contribution in [0.5, 0.6) is 11.5 Å². The number of benzene rings is 4. The lowest BCUT2D eigenvalue weighted by Gasteiger charge is -2.49. The van der Waals surface area contributed by atoms with E-state index >= 15 is 0 Å². The Kier molecular flexibility index (Phi) is 6.11. The van der Waals surface area contributed by atoms with Crippen LogP contribution in [-0.4, -0.2) is 28.6 Å². The SMILES string of the molecule is COc1cccc(CNC(=O)c2ccc3nc4c(nc3c2)c2c(c3ccccc34)OC(C)(C)[C@H]3CC[C@H](C)C[C@H]23)c1. The number of aromatic nitrogens is 2. The van der Waals surface area contributed by atoms with Gasteiger partial charge in [-0.15, -0.1) is 0 Å². The van der Waals surface area contributed by atoms with Crippen molar-refractivity contribution in [1.82, 2.24) is 15.3 Å². The monoisotopic (exact) mass is 545 g/mol. The third-order valence-electron chi connectivity index (χ3n) is 9.18. The summed E-state index contributed by atoms with van der Waals surface area (Å²) in [4.78, 5) is 23.6. The van der Waals surface area contributed by atoms with Gasteiger partial charge in [-0.2, -0.15) is 0 Å². The van der Waals surface area contributed by atoms with Crippen LogP contribution < -0.4 is 14.8 Å². The zero-order valence-corrected chi connectivity index (χ0v) is 24.0. The minimum Gasteiger partial charge on any atom is -0.497 e. The molecular formula is C35H35N3O3. The van der Waals surface area contributed by atoms with Crippen LogP contribution in [-0.2, 0) is 6.54 Å². The van der Waals surface area contributed by atoms with Gasteiger partial charge in [0.05, 0.1) is 29.2 Å². The molecule has 0 spiro atoms. The van der Waals surface area contributed by atoms with Crippen LogP contribution in [0.4, 0.5) is 0 Å². The van der Waals surface area contributed by atoms with Crippen LogP contribution >= 0.6 is 0 Å². The number of nitrogens with zero attached hydrogens (tertiary/aromatic N) is 2. The first-order valence-corrected chi connectivity index (χ1v) is 14.6. The molecule has 6 heteroatoms. The number of rotatable bonds is 4. The van der Waals surface area contributed by atoms with Gasteiger partial charge in [0.15, 0.2) is 0 Å². The molecule has 1 N–H and O–H groups in total. The number of amides is 1. The van der Waals surface area contributed by atoms with Gasteiger partial charge in [0, 0.05) is 34.4 Å².